The topological polar surface area (TPSA) is 151 Å². The van der Waals surface area contributed by atoms with E-state index in [0.717, 1.165) is 28.7 Å². The predicted molar refractivity (Wildman–Crippen MR) is 154 cm³/mol. The summed E-state index contributed by atoms with van der Waals surface area (Å²) < 4.78 is 17.1. The zero-order valence-electron chi connectivity index (χ0n) is 23.7. The first-order valence-corrected chi connectivity index (χ1v) is 14.5. The summed E-state index contributed by atoms with van der Waals surface area (Å²) in [6.45, 7) is 7.12. The molecule has 0 radical (unpaired) electrons. The Labute approximate surface area is 246 Å². The van der Waals surface area contributed by atoms with Crippen molar-refractivity contribution in [3.8, 4) is 5.75 Å². The summed E-state index contributed by atoms with van der Waals surface area (Å²) >= 11 is 2.12. The van der Waals surface area contributed by atoms with Crippen LogP contribution in [0.3, 0.4) is 0 Å². The molecule has 0 saturated carbocycles. The highest BCUT2D eigenvalue weighted by atomic mass is 32.2. The van der Waals surface area contributed by atoms with Crippen LogP contribution in [0.2, 0.25) is 0 Å². The van der Waals surface area contributed by atoms with Crippen molar-refractivity contribution in [2.24, 2.45) is 7.05 Å². The van der Waals surface area contributed by atoms with Crippen LogP contribution in [-0.2, 0) is 39.1 Å². The quantitative estimate of drug-likeness (QED) is 0.219. The van der Waals surface area contributed by atoms with E-state index in [9.17, 15) is 19.2 Å². The highest BCUT2D eigenvalue weighted by molar-refractivity contribution is 8.00. The van der Waals surface area contributed by atoms with Crippen LogP contribution in [0.5, 0.6) is 5.75 Å². The van der Waals surface area contributed by atoms with Crippen molar-refractivity contribution in [2.45, 2.75) is 51.1 Å². The van der Waals surface area contributed by atoms with Crippen molar-refractivity contribution >= 4 is 51.9 Å². The number of ether oxygens (including phenoxy) is 3. The van der Waals surface area contributed by atoms with Gasteiger partial charge in [0.25, 0.3) is 0 Å². The summed E-state index contributed by atoms with van der Waals surface area (Å²) in [4.78, 5) is 50.7. The number of nitrogens with one attached hydrogen (secondary N) is 2. The molecule has 0 saturated heterocycles. The molecule has 0 aliphatic heterocycles. The molecular formula is C27H33N5O7S2. The molecule has 2 N–H and O–H groups in total. The second-order valence-electron chi connectivity index (χ2n) is 8.71. The van der Waals surface area contributed by atoms with E-state index in [1.165, 1.54) is 0 Å². The van der Waals surface area contributed by atoms with Gasteiger partial charge in [0.05, 0.1) is 44.1 Å². The molecule has 2 heterocycles. The van der Waals surface area contributed by atoms with E-state index in [1.54, 1.807) is 58.6 Å². The monoisotopic (exact) mass is 603 g/mol. The lowest BCUT2D eigenvalue weighted by Gasteiger charge is -2.12. The highest BCUT2D eigenvalue weighted by Gasteiger charge is 2.29. The SMILES string of the molecule is CCOC(=O)c1sc(NC(=O)C(C)Sc2nnc(CNC(=O)Cc3ccc(OC)cc3)n2C)c(C(=O)OCC)c1C. The first kappa shape index (κ1) is 31.6. The molecule has 0 aliphatic rings. The van der Waals surface area contributed by atoms with Gasteiger partial charge in [-0.2, -0.15) is 0 Å². The Balaban J connectivity index is 1.64. The van der Waals surface area contributed by atoms with Crippen LogP contribution >= 0.6 is 23.1 Å². The number of hydrogen-bond donors (Lipinski definition) is 2. The van der Waals surface area contributed by atoms with Crippen LogP contribution in [0.15, 0.2) is 29.4 Å². The molecule has 220 valence electrons. The van der Waals surface area contributed by atoms with Gasteiger partial charge >= 0.3 is 11.9 Å². The molecule has 3 rings (SSSR count). The summed E-state index contributed by atoms with van der Waals surface area (Å²) in [5.74, 6) is -0.570. The number of anilines is 1. The first-order chi connectivity index (χ1) is 19.6. The van der Waals surface area contributed by atoms with Crippen molar-refractivity contribution in [3.05, 3.63) is 51.7 Å². The lowest BCUT2D eigenvalue weighted by molar-refractivity contribution is -0.120. The minimum absolute atomic E-state index is 0.122. The average molecular weight is 604 g/mol. The lowest BCUT2D eigenvalue weighted by Crippen LogP contribution is -2.26. The maximum atomic E-state index is 13.1. The number of thiophene rings is 1. The van der Waals surface area contributed by atoms with E-state index in [-0.39, 0.29) is 47.5 Å². The number of rotatable bonds is 13. The normalized spacial score (nSPS) is 11.5. The van der Waals surface area contributed by atoms with Gasteiger partial charge in [-0.05, 0) is 51.0 Å². The number of amides is 2. The zero-order valence-corrected chi connectivity index (χ0v) is 25.4. The van der Waals surface area contributed by atoms with Crippen molar-refractivity contribution in [1.29, 1.82) is 0 Å². The number of carbonyl (C=O) groups is 4. The van der Waals surface area contributed by atoms with Gasteiger partial charge in [-0.25, -0.2) is 9.59 Å². The fourth-order valence-electron chi connectivity index (χ4n) is 3.64. The van der Waals surface area contributed by atoms with E-state index < -0.39 is 23.1 Å². The molecule has 0 fully saturated rings. The summed E-state index contributed by atoms with van der Waals surface area (Å²) in [5.41, 5.74) is 1.35. The molecule has 0 aliphatic carbocycles. The van der Waals surface area contributed by atoms with Crippen LogP contribution < -0.4 is 15.4 Å². The van der Waals surface area contributed by atoms with Gasteiger partial charge in [0.15, 0.2) is 11.0 Å². The Morgan fingerprint density at radius 2 is 1.71 bits per heavy atom. The van der Waals surface area contributed by atoms with Crippen molar-refractivity contribution < 1.29 is 33.4 Å². The van der Waals surface area contributed by atoms with Gasteiger partial charge in [-0.1, -0.05) is 23.9 Å². The number of aromatic nitrogens is 3. The Morgan fingerprint density at radius 1 is 1.05 bits per heavy atom. The summed E-state index contributed by atoms with van der Waals surface area (Å²) in [6, 6.07) is 7.24. The molecule has 3 aromatic rings. The molecule has 1 unspecified atom stereocenters. The molecule has 14 heteroatoms. The number of esters is 2. The van der Waals surface area contributed by atoms with Gasteiger partial charge in [0.1, 0.15) is 15.6 Å². The Bertz CT molecular complexity index is 1400. The molecule has 2 amide bonds. The first-order valence-electron chi connectivity index (χ1n) is 12.8. The smallest absolute Gasteiger partial charge is 0.348 e. The maximum Gasteiger partial charge on any atom is 0.348 e. The molecular weight excluding hydrogens is 570 g/mol. The predicted octanol–water partition coefficient (Wildman–Crippen LogP) is 3.53. The van der Waals surface area contributed by atoms with E-state index >= 15 is 0 Å². The van der Waals surface area contributed by atoms with Gasteiger partial charge in [0, 0.05) is 7.05 Å². The number of carbonyl (C=O) groups excluding carboxylic acids is 4. The molecule has 2 aromatic heterocycles. The summed E-state index contributed by atoms with van der Waals surface area (Å²) in [5, 5.41) is 13.9. The molecule has 12 nitrogen and oxygen atoms in total. The van der Waals surface area contributed by atoms with E-state index in [0.29, 0.717) is 22.3 Å². The molecule has 41 heavy (non-hydrogen) atoms. The second kappa shape index (κ2) is 14.6. The van der Waals surface area contributed by atoms with Crippen molar-refractivity contribution in [3.63, 3.8) is 0 Å². The van der Waals surface area contributed by atoms with Gasteiger partial charge in [-0.15, -0.1) is 21.5 Å². The second-order valence-corrected chi connectivity index (χ2v) is 11.0. The Morgan fingerprint density at radius 3 is 2.34 bits per heavy atom. The number of nitrogens with zero attached hydrogens (tertiary/aromatic N) is 3. The maximum absolute atomic E-state index is 13.1. The summed E-state index contributed by atoms with van der Waals surface area (Å²) in [7, 11) is 3.32. The number of thioether (sulfide) groups is 1. The minimum Gasteiger partial charge on any atom is -0.497 e. The van der Waals surface area contributed by atoms with Crippen molar-refractivity contribution in [2.75, 3.05) is 25.6 Å². The van der Waals surface area contributed by atoms with Crippen molar-refractivity contribution in [1.82, 2.24) is 20.1 Å². The number of methoxy groups -OCH3 is 1. The van der Waals surface area contributed by atoms with Gasteiger partial charge in [-0.3, -0.25) is 9.59 Å². The number of benzene rings is 1. The van der Waals surface area contributed by atoms with Crippen LogP contribution in [0.25, 0.3) is 0 Å². The number of hydrogen-bond acceptors (Lipinski definition) is 11. The van der Waals surface area contributed by atoms with E-state index in [2.05, 4.69) is 20.8 Å². The molecule has 1 aromatic carbocycles. The molecule has 0 spiro atoms. The van der Waals surface area contributed by atoms with Gasteiger partial charge in [0.2, 0.25) is 11.8 Å². The third kappa shape index (κ3) is 8.07. The minimum atomic E-state index is -0.640. The van der Waals surface area contributed by atoms with Crippen LogP contribution in [0.1, 0.15) is 57.8 Å². The third-order valence-corrected chi connectivity index (χ3v) is 8.19. The molecule has 0 bridgehead atoms. The average Bonchev–Trinajstić information content (AvgIpc) is 3.46. The van der Waals surface area contributed by atoms with Crippen LogP contribution in [-0.4, -0.2) is 64.1 Å². The van der Waals surface area contributed by atoms with E-state index in [4.69, 9.17) is 14.2 Å². The zero-order chi connectivity index (χ0) is 30.1. The standard InChI is InChI=1S/C27H33N5O7S2/c1-7-38-25(35)21-15(3)22(26(36)39-8-2)41-24(21)29-23(34)16(4)40-27-31-30-19(32(27)5)14-28-20(33)13-17-9-11-18(37-6)12-10-17/h9-12,16H,7-8,13-14H2,1-6H3,(H,28,33)(H,29,34). The largest absolute Gasteiger partial charge is 0.497 e. The van der Waals surface area contributed by atoms with Gasteiger partial charge < -0.3 is 29.4 Å². The fraction of sp³-hybridized carbons (Fsp3) is 0.407. The summed E-state index contributed by atoms with van der Waals surface area (Å²) in [6.07, 6.45) is 0.203. The third-order valence-electron chi connectivity index (χ3n) is 5.87. The van der Waals surface area contributed by atoms with E-state index in [1.807, 2.05) is 12.1 Å². The van der Waals surface area contributed by atoms with Crippen LogP contribution in [0.4, 0.5) is 5.00 Å². The Kier molecular flexibility index (Phi) is 11.3. The Hall–Kier alpha value is -3.91. The molecule has 1 atom stereocenters. The highest BCUT2D eigenvalue weighted by Crippen LogP contribution is 2.35. The fourth-order valence-corrected chi connectivity index (χ4v) is 5.56. The van der Waals surface area contributed by atoms with Crippen LogP contribution in [0, 0.1) is 6.92 Å². The lowest BCUT2D eigenvalue weighted by atomic mass is 10.1.